The minimum Gasteiger partial charge on any atom is -0.340 e. The Labute approximate surface area is 149 Å². The fraction of sp³-hybridized carbons (Fsp3) is 0.0556. The number of aromatic amines is 1. The zero-order chi connectivity index (χ0) is 17.2. The van der Waals surface area contributed by atoms with E-state index in [9.17, 15) is 0 Å². The average molecular weight is 351 g/mol. The third-order valence-electron chi connectivity index (χ3n) is 3.76. The fourth-order valence-corrected chi connectivity index (χ4v) is 2.72. The number of hydrogen-bond donors (Lipinski definition) is 3. The number of rotatable bonds is 4. The highest BCUT2D eigenvalue weighted by atomic mass is 35.5. The maximum atomic E-state index is 6.06. The summed E-state index contributed by atoms with van der Waals surface area (Å²) >= 11 is 6.06. The van der Waals surface area contributed by atoms with E-state index in [1.54, 1.807) is 0 Å². The summed E-state index contributed by atoms with van der Waals surface area (Å²) in [6.45, 7) is 2.05. The van der Waals surface area contributed by atoms with Crippen LogP contribution in [0, 0.1) is 6.92 Å². The van der Waals surface area contributed by atoms with Crippen molar-refractivity contribution in [2.75, 3.05) is 10.6 Å². The van der Waals surface area contributed by atoms with Gasteiger partial charge in [0.05, 0.1) is 0 Å². The second-order valence-corrected chi connectivity index (χ2v) is 6.08. The lowest BCUT2D eigenvalue weighted by atomic mass is 10.2. The number of hydrogen-bond acceptors (Lipinski definition) is 5. The summed E-state index contributed by atoms with van der Waals surface area (Å²) in [5.41, 5.74) is 3.57. The van der Waals surface area contributed by atoms with Crippen molar-refractivity contribution in [3.8, 4) is 0 Å². The van der Waals surface area contributed by atoms with E-state index in [1.807, 2.05) is 48.5 Å². The number of aromatic nitrogens is 4. The van der Waals surface area contributed by atoms with Gasteiger partial charge in [0.1, 0.15) is 23.3 Å². The standard InChI is InChI=1S/C18H15ClN6/c1-11-5-7-13(8-6-11)22-18-15-16(20-10-21-17(15)24-25-18)23-14-4-2-3-12(19)9-14/h2-10H,1H3,(H3,20,21,22,23,24,25). The van der Waals surface area contributed by atoms with Crippen LogP contribution in [0.3, 0.4) is 0 Å². The maximum absolute atomic E-state index is 6.06. The van der Waals surface area contributed by atoms with Crippen molar-refractivity contribution in [2.45, 2.75) is 6.92 Å². The molecule has 0 fully saturated rings. The molecular weight excluding hydrogens is 336 g/mol. The first kappa shape index (κ1) is 15.4. The minimum atomic E-state index is 0.578. The number of nitrogens with one attached hydrogen (secondary N) is 3. The molecule has 2 aromatic heterocycles. The number of H-pyrrole nitrogens is 1. The highest BCUT2D eigenvalue weighted by Gasteiger charge is 2.13. The molecule has 0 aliphatic carbocycles. The molecule has 124 valence electrons. The van der Waals surface area contributed by atoms with E-state index in [-0.39, 0.29) is 0 Å². The van der Waals surface area contributed by atoms with E-state index < -0.39 is 0 Å². The lowest BCUT2D eigenvalue weighted by Gasteiger charge is -2.09. The number of aryl methyl sites for hydroxylation is 1. The first-order valence-corrected chi connectivity index (χ1v) is 8.12. The van der Waals surface area contributed by atoms with Gasteiger partial charge in [-0.25, -0.2) is 9.97 Å². The summed E-state index contributed by atoms with van der Waals surface area (Å²) in [5, 5.41) is 15.3. The molecule has 25 heavy (non-hydrogen) atoms. The first-order valence-electron chi connectivity index (χ1n) is 7.74. The van der Waals surface area contributed by atoms with Gasteiger partial charge in [-0.1, -0.05) is 35.4 Å². The van der Waals surface area contributed by atoms with E-state index in [1.165, 1.54) is 11.9 Å². The summed E-state index contributed by atoms with van der Waals surface area (Å²) < 4.78 is 0. The number of fused-ring (bicyclic) bond motifs is 1. The quantitative estimate of drug-likeness (QED) is 0.492. The van der Waals surface area contributed by atoms with E-state index in [0.29, 0.717) is 16.5 Å². The summed E-state index contributed by atoms with van der Waals surface area (Å²) in [6.07, 6.45) is 1.48. The Kier molecular flexibility index (Phi) is 3.95. The van der Waals surface area contributed by atoms with E-state index >= 15 is 0 Å². The van der Waals surface area contributed by atoms with E-state index in [2.05, 4.69) is 37.7 Å². The molecule has 0 spiro atoms. The van der Waals surface area contributed by atoms with Gasteiger partial charge in [0.2, 0.25) is 0 Å². The first-order chi connectivity index (χ1) is 12.2. The Hall–Kier alpha value is -3.12. The molecule has 0 saturated heterocycles. The second-order valence-electron chi connectivity index (χ2n) is 5.65. The molecule has 0 aliphatic rings. The molecule has 7 heteroatoms. The largest absolute Gasteiger partial charge is 0.340 e. The van der Waals surface area contributed by atoms with E-state index in [0.717, 1.165) is 22.6 Å². The topological polar surface area (TPSA) is 78.5 Å². The molecule has 0 unspecified atom stereocenters. The van der Waals surface area contributed by atoms with Gasteiger partial charge in [0.25, 0.3) is 0 Å². The Morgan fingerprint density at radius 1 is 0.960 bits per heavy atom. The molecule has 0 bridgehead atoms. The Morgan fingerprint density at radius 3 is 2.60 bits per heavy atom. The van der Waals surface area contributed by atoms with Crippen LogP contribution in [-0.2, 0) is 0 Å². The van der Waals surface area contributed by atoms with Gasteiger partial charge in [0, 0.05) is 16.4 Å². The summed E-state index contributed by atoms with van der Waals surface area (Å²) in [6, 6.07) is 15.6. The average Bonchev–Trinajstić information content (AvgIpc) is 3.01. The van der Waals surface area contributed by atoms with Crippen molar-refractivity contribution >= 4 is 45.6 Å². The van der Waals surface area contributed by atoms with Crippen LogP contribution in [0.15, 0.2) is 54.9 Å². The third-order valence-corrected chi connectivity index (χ3v) is 3.99. The second kappa shape index (κ2) is 6.41. The van der Waals surface area contributed by atoms with Crippen molar-refractivity contribution in [1.29, 1.82) is 0 Å². The van der Waals surface area contributed by atoms with E-state index in [4.69, 9.17) is 11.6 Å². The highest BCUT2D eigenvalue weighted by molar-refractivity contribution is 6.30. The highest BCUT2D eigenvalue weighted by Crippen LogP contribution is 2.30. The Balaban J connectivity index is 1.72. The van der Waals surface area contributed by atoms with Crippen LogP contribution in [0.2, 0.25) is 5.02 Å². The van der Waals surface area contributed by atoms with Crippen molar-refractivity contribution < 1.29 is 0 Å². The number of nitrogens with zero attached hydrogens (tertiary/aromatic N) is 3. The molecule has 2 aromatic carbocycles. The van der Waals surface area contributed by atoms with Crippen LogP contribution < -0.4 is 10.6 Å². The molecule has 0 aliphatic heterocycles. The summed E-state index contributed by atoms with van der Waals surface area (Å²) in [7, 11) is 0. The molecular formula is C18H15ClN6. The lowest BCUT2D eigenvalue weighted by Crippen LogP contribution is -1.97. The van der Waals surface area contributed by atoms with Gasteiger partial charge in [0.15, 0.2) is 5.65 Å². The molecule has 0 amide bonds. The van der Waals surface area contributed by atoms with Crippen LogP contribution in [0.1, 0.15) is 5.56 Å². The van der Waals surface area contributed by atoms with Crippen LogP contribution in [0.4, 0.5) is 23.0 Å². The Bertz CT molecular complexity index is 1030. The molecule has 6 nitrogen and oxygen atoms in total. The fourth-order valence-electron chi connectivity index (χ4n) is 2.53. The number of benzene rings is 2. The van der Waals surface area contributed by atoms with Crippen LogP contribution in [-0.4, -0.2) is 20.2 Å². The van der Waals surface area contributed by atoms with Crippen LogP contribution in [0.25, 0.3) is 11.0 Å². The number of anilines is 4. The Morgan fingerprint density at radius 2 is 1.80 bits per heavy atom. The molecule has 0 atom stereocenters. The van der Waals surface area contributed by atoms with Crippen molar-refractivity contribution in [3.63, 3.8) is 0 Å². The van der Waals surface area contributed by atoms with Crippen LogP contribution >= 0.6 is 11.6 Å². The summed E-state index contributed by atoms with van der Waals surface area (Å²) in [5.74, 6) is 1.37. The molecule has 0 saturated carbocycles. The van der Waals surface area contributed by atoms with Gasteiger partial charge < -0.3 is 10.6 Å². The van der Waals surface area contributed by atoms with Crippen molar-refractivity contribution in [2.24, 2.45) is 0 Å². The van der Waals surface area contributed by atoms with Gasteiger partial charge in [-0.2, -0.15) is 5.10 Å². The van der Waals surface area contributed by atoms with Gasteiger partial charge in [-0.15, -0.1) is 0 Å². The molecule has 3 N–H and O–H groups in total. The zero-order valence-electron chi connectivity index (χ0n) is 13.4. The maximum Gasteiger partial charge on any atom is 0.188 e. The normalized spacial score (nSPS) is 10.8. The number of halogens is 1. The minimum absolute atomic E-state index is 0.578. The lowest BCUT2D eigenvalue weighted by molar-refractivity contribution is 1.09. The predicted octanol–water partition coefficient (Wildman–Crippen LogP) is 4.80. The predicted molar refractivity (Wildman–Crippen MR) is 101 cm³/mol. The molecule has 4 rings (SSSR count). The molecule has 4 aromatic rings. The van der Waals surface area contributed by atoms with Gasteiger partial charge in [-0.05, 0) is 37.3 Å². The third kappa shape index (κ3) is 3.25. The monoisotopic (exact) mass is 350 g/mol. The smallest absolute Gasteiger partial charge is 0.188 e. The van der Waals surface area contributed by atoms with Crippen LogP contribution in [0.5, 0.6) is 0 Å². The molecule has 2 heterocycles. The van der Waals surface area contributed by atoms with Crippen molar-refractivity contribution in [1.82, 2.24) is 20.2 Å². The summed E-state index contributed by atoms with van der Waals surface area (Å²) in [4.78, 5) is 8.57. The molecule has 0 radical (unpaired) electrons. The zero-order valence-corrected chi connectivity index (χ0v) is 14.2. The van der Waals surface area contributed by atoms with Gasteiger partial charge in [-0.3, -0.25) is 5.10 Å². The van der Waals surface area contributed by atoms with Crippen molar-refractivity contribution in [3.05, 3.63) is 65.4 Å². The van der Waals surface area contributed by atoms with Gasteiger partial charge >= 0.3 is 0 Å². The SMILES string of the molecule is Cc1ccc(Nc2[nH]nc3ncnc(Nc4cccc(Cl)c4)c23)cc1.